The van der Waals surface area contributed by atoms with Gasteiger partial charge in [0.2, 0.25) is 5.91 Å². The number of likely N-dealkylation sites (tertiary alicyclic amines) is 1. The zero-order chi connectivity index (χ0) is 21.7. The second kappa shape index (κ2) is 9.47. The molecule has 0 N–H and O–H groups in total. The van der Waals surface area contributed by atoms with E-state index in [1.807, 2.05) is 18.7 Å². The molecule has 1 saturated heterocycles. The summed E-state index contributed by atoms with van der Waals surface area (Å²) in [5.74, 6) is -0.510. The third-order valence-electron chi connectivity index (χ3n) is 5.60. The zero-order valence-electron chi connectivity index (χ0n) is 17.4. The molecule has 0 aliphatic carbocycles. The minimum absolute atomic E-state index is 0.0584. The van der Waals surface area contributed by atoms with Gasteiger partial charge in [0.1, 0.15) is 0 Å². The molecule has 0 bridgehead atoms. The summed E-state index contributed by atoms with van der Waals surface area (Å²) in [7, 11) is -3.59. The van der Waals surface area contributed by atoms with Crippen molar-refractivity contribution in [3.63, 3.8) is 0 Å². The minimum atomic E-state index is -3.59. The maximum absolute atomic E-state index is 13.0. The molecule has 2 amide bonds. The van der Waals surface area contributed by atoms with Crippen molar-refractivity contribution >= 4 is 21.7 Å². The van der Waals surface area contributed by atoms with E-state index < -0.39 is 9.84 Å². The predicted molar refractivity (Wildman–Crippen MR) is 113 cm³/mol. The number of rotatable bonds is 7. The van der Waals surface area contributed by atoms with Crippen molar-refractivity contribution in [3.8, 4) is 0 Å². The Hall–Kier alpha value is -2.61. The van der Waals surface area contributed by atoms with Crippen LogP contribution in [-0.4, -0.2) is 56.2 Å². The molecule has 2 aromatic rings. The Bertz CT molecular complexity index is 972. The maximum Gasteiger partial charge on any atom is 0.289 e. The molecular formula is C22H28N2O5S. The van der Waals surface area contributed by atoms with Crippen molar-refractivity contribution in [1.82, 2.24) is 9.80 Å². The zero-order valence-corrected chi connectivity index (χ0v) is 18.2. The summed E-state index contributed by atoms with van der Waals surface area (Å²) >= 11 is 0. The average molecular weight is 433 g/mol. The molecule has 0 saturated carbocycles. The molecule has 1 aliphatic rings. The first-order valence-electron chi connectivity index (χ1n) is 10.3. The number of sulfone groups is 1. The van der Waals surface area contributed by atoms with Crippen LogP contribution >= 0.6 is 0 Å². The van der Waals surface area contributed by atoms with Crippen LogP contribution in [0, 0.1) is 5.92 Å². The number of piperidine rings is 1. The van der Waals surface area contributed by atoms with Crippen molar-refractivity contribution in [2.75, 3.05) is 26.2 Å². The monoisotopic (exact) mass is 432 g/mol. The Kier molecular flexibility index (Phi) is 6.97. The number of hydrogen-bond acceptors (Lipinski definition) is 5. The Balaban J connectivity index is 1.67. The maximum atomic E-state index is 13.0. The third kappa shape index (κ3) is 4.75. The number of nitrogens with zero attached hydrogens (tertiary/aromatic N) is 2. The third-order valence-corrected chi connectivity index (χ3v) is 7.28. The fraction of sp³-hybridized carbons (Fsp3) is 0.455. The number of amides is 2. The van der Waals surface area contributed by atoms with Gasteiger partial charge in [-0.3, -0.25) is 9.59 Å². The molecule has 8 heteroatoms. The van der Waals surface area contributed by atoms with Gasteiger partial charge >= 0.3 is 0 Å². The fourth-order valence-electron chi connectivity index (χ4n) is 3.82. The van der Waals surface area contributed by atoms with Crippen LogP contribution in [0.5, 0.6) is 0 Å². The highest BCUT2D eigenvalue weighted by Gasteiger charge is 2.32. The molecular weight excluding hydrogens is 404 g/mol. The summed E-state index contributed by atoms with van der Waals surface area (Å²) in [6, 6.07) is 9.68. The van der Waals surface area contributed by atoms with E-state index in [-0.39, 0.29) is 34.1 Å². The first-order chi connectivity index (χ1) is 14.4. The van der Waals surface area contributed by atoms with Crippen molar-refractivity contribution in [1.29, 1.82) is 0 Å². The van der Waals surface area contributed by atoms with Gasteiger partial charge in [-0.1, -0.05) is 18.2 Å². The van der Waals surface area contributed by atoms with Gasteiger partial charge in [0.25, 0.3) is 5.91 Å². The molecule has 2 heterocycles. The lowest BCUT2D eigenvalue weighted by Gasteiger charge is -2.33. The van der Waals surface area contributed by atoms with E-state index in [4.69, 9.17) is 4.42 Å². The van der Waals surface area contributed by atoms with Gasteiger partial charge in [-0.25, -0.2) is 8.42 Å². The van der Waals surface area contributed by atoms with E-state index in [0.717, 1.165) is 0 Å². The Morgan fingerprint density at radius 2 is 1.70 bits per heavy atom. The molecule has 30 heavy (non-hydrogen) atoms. The average Bonchev–Trinajstić information content (AvgIpc) is 3.22. The molecule has 0 radical (unpaired) electrons. The normalized spacial score (nSPS) is 15.2. The van der Waals surface area contributed by atoms with Crippen molar-refractivity contribution < 1.29 is 22.4 Å². The first-order valence-corrected chi connectivity index (χ1v) is 11.9. The highest BCUT2D eigenvalue weighted by Crippen LogP contribution is 2.25. The van der Waals surface area contributed by atoms with Crippen molar-refractivity contribution in [2.45, 2.75) is 37.3 Å². The van der Waals surface area contributed by atoms with E-state index in [0.29, 0.717) is 44.6 Å². The van der Waals surface area contributed by atoms with Crippen LogP contribution in [0.25, 0.3) is 0 Å². The van der Waals surface area contributed by atoms with Gasteiger partial charge < -0.3 is 14.2 Å². The number of furan rings is 1. The van der Waals surface area contributed by atoms with Crippen molar-refractivity contribution in [2.24, 2.45) is 5.92 Å². The lowest BCUT2D eigenvalue weighted by atomic mass is 9.95. The summed E-state index contributed by atoms with van der Waals surface area (Å²) in [6.45, 7) is 6.17. The van der Waals surface area contributed by atoms with Crippen LogP contribution in [0.4, 0.5) is 0 Å². The molecule has 3 rings (SSSR count). The lowest BCUT2D eigenvalue weighted by Crippen LogP contribution is -2.44. The van der Waals surface area contributed by atoms with Gasteiger partial charge in [0.15, 0.2) is 15.6 Å². The van der Waals surface area contributed by atoms with Crippen LogP contribution in [0.15, 0.2) is 52.0 Å². The minimum Gasteiger partial charge on any atom is -0.459 e. The lowest BCUT2D eigenvalue weighted by molar-refractivity contribution is -0.136. The summed E-state index contributed by atoms with van der Waals surface area (Å²) in [5.41, 5.74) is 0.352. The SMILES string of the molecule is CCN(CC)C(=O)C1CCN(C(=O)c2occc2CS(=O)(=O)c2ccccc2)CC1. The molecule has 1 aromatic heterocycles. The van der Waals surface area contributed by atoms with Gasteiger partial charge in [0, 0.05) is 37.7 Å². The van der Waals surface area contributed by atoms with E-state index in [9.17, 15) is 18.0 Å². The van der Waals surface area contributed by atoms with Crippen molar-refractivity contribution in [3.05, 3.63) is 54.0 Å². The molecule has 0 atom stereocenters. The topological polar surface area (TPSA) is 87.9 Å². The standard InChI is InChI=1S/C22H28N2O5S/c1-3-23(4-2)21(25)17-10-13-24(14-11-17)22(26)20-18(12-15-29-20)16-30(27,28)19-8-6-5-7-9-19/h5-9,12,15,17H,3-4,10-11,13-14,16H2,1-2H3. The molecule has 1 aliphatic heterocycles. The number of benzene rings is 1. The van der Waals surface area contributed by atoms with Crippen LogP contribution in [0.1, 0.15) is 42.8 Å². The molecule has 0 spiro atoms. The highest BCUT2D eigenvalue weighted by molar-refractivity contribution is 7.90. The first kappa shape index (κ1) is 22.1. The Labute approximate surface area is 177 Å². The Morgan fingerprint density at radius 1 is 1.07 bits per heavy atom. The van der Waals surface area contributed by atoms with Crippen LogP contribution in [0.3, 0.4) is 0 Å². The molecule has 1 aromatic carbocycles. The second-order valence-corrected chi connectivity index (χ2v) is 9.41. The summed E-state index contributed by atoms with van der Waals surface area (Å²) in [4.78, 5) is 29.2. The van der Waals surface area contributed by atoms with E-state index >= 15 is 0 Å². The van der Waals surface area contributed by atoms with Gasteiger partial charge in [0.05, 0.1) is 16.9 Å². The molecule has 7 nitrogen and oxygen atoms in total. The van der Waals surface area contributed by atoms with E-state index in [1.54, 1.807) is 23.1 Å². The number of carbonyl (C=O) groups excluding carboxylic acids is 2. The summed E-state index contributed by atoms with van der Waals surface area (Å²) < 4.78 is 30.7. The number of hydrogen-bond donors (Lipinski definition) is 0. The van der Waals surface area contributed by atoms with E-state index in [1.165, 1.54) is 24.5 Å². The van der Waals surface area contributed by atoms with Gasteiger partial charge in [-0.05, 0) is 44.9 Å². The van der Waals surface area contributed by atoms with Gasteiger partial charge in [-0.15, -0.1) is 0 Å². The summed E-state index contributed by atoms with van der Waals surface area (Å²) in [6.07, 6.45) is 2.54. The highest BCUT2D eigenvalue weighted by atomic mass is 32.2. The molecule has 0 unspecified atom stereocenters. The van der Waals surface area contributed by atoms with Gasteiger partial charge in [-0.2, -0.15) is 0 Å². The Morgan fingerprint density at radius 3 is 2.30 bits per heavy atom. The molecule has 1 fully saturated rings. The largest absolute Gasteiger partial charge is 0.459 e. The smallest absolute Gasteiger partial charge is 0.289 e. The fourth-order valence-corrected chi connectivity index (χ4v) is 5.19. The number of carbonyl (C=O) groups is 2. The molecule has 162 valence electrons. The summed E-state index contributed by atoms with van der Waals surface area (Å²) in [5, 5.41) is 0. The van der Waals surface area contributed by atoms with Crippen LogP contribution < -0.4 is 0 Å². The second-order valence-electron chi connectivity index (χ2n) is 7.42. The quantitative estimate of drug-likeness (QED) is 0.671. The predicted octanol–water partition coefficient (Wildman–Crippen LogP) is 2.97. The van der Waals surface area contributed by atoms with E-state index in [2.05, 4.69) is 0 Å². The van der Waals surface area contributed by atoms with Crippen LogP contribution in [0.2, 0.25) is 0 Å². The van der Waals surface area contributed by atoms with Crippen LogP contribution in [-0.2, 0) is 20.4 Å².